The fourth-order valence-electron chi connectivity index (χ4n) is 8.09. The number of nitrogen functional groups attached to an aromatic ring is 1. The fourth-order valence-corrected chi connectivity index (χ4v) is 10.7. The number of imidazole rings is 2. The van der Waals surface area contributed by atoms with E-state index in [0.717, 1.165) is 24.0 Å². The number of aromatic amines is 2. The van der Waals surface area contributed by atoms with Gasteiger partial charge in [-0.25, -0.2) is 15.0 Å². The topological polar surface area (TPSA) is 230 Å². The fraction of sp³-hybridized carbons (Fsp3) is 0.519. The first-order valence-electron chi connectivity index (χ1n) is 24.7. The summed E-state index contributed by atoms with van der Waals surface area (Å²) in [5.41, 5.74) is 8.35. The number of aliphatic imine (C=N–C) groups is 3. The van der Waals surface area contributed by atoms with Gasteiger partial charge in [0.25, 0.3) is 11.1 Å². The quantitative estimate of drug-likeness (QED) is 0.0527. The molecule has 21 heteroatoms. The van der Waals surface area contributed by atoms with Crippen molar-refractivity contribution in [2.45, 2.75) is 161 Å². The minimum atomic E-state index is -2.24. The second-order valence-electron chi connectivity index (χ2n) is 21.7. The molecule has 0 aliphatic carbocycles. The molecule has 0 radical (unpaired) electrons. The lowest BCUT2D eigenvalue weighted by Crippen LogP contribution is -2.48. The summed E-state index contributed by atoms with van der Waals surface area (Å²) in [7, 11) is -0.747. The van der Waals surface area contributed by atoms with Gasteiger partial charge in [0.05, 0.1) is 31.2 Å². The molecule has 0 bridgehead atoms. The molecule has 6 aromatic rings. The van der Waals surface area contributed by atoms with Crippen molar-refractivity contribution in [1.29, 1.82) is 0 Å². The molecular weight excluding hydrogens is 959 g/mol. The number of hydrogen-bond acceptors (Lipinski definition) is 14. The van der Waals surface area contributed by atoms with E-state index >= 15 is 0 Å². The zero-order valence-electron chi connectivity index (χ0n) is 44.2. The van der Waals surface area contributed by atoms with E-state index in [9.17, 15) is 9.59 Å². The van der Waals surface area contributed by atoms with E-state index in [1.807, 2.05) is 87.2 Å². The zero-order valence-corrected chi connectivity index (χ0v) is 46.2. The smallest absolute Gasteiger partial charge is 0.280 e. The Bertz CT molecular complexity index is 2990. The van der Waals surface area contributed by atoms with Gasteiger partial charge in [-0.3, -0.25) is 38.7 Å². The molecule has 4 N–H and O–H groups in total. The van der Waals surface area contributed by atoms with E-state index < -0.39 is 35.2 Å². The maximum atomic E-state index is 12.8. The molecule has 8 atom stereocenters. The van der Waals surface area contributed by atoms with Crippen LogP contribution in [0.25, 0.3) is 22.3 Å². The molecule has 2 saturated heterocycles. The second-order valence-corrected chi connectivity index (χ2v) is 31.2. The van der Waals surface area contributed by atoms with Gasteiger partial charge in [0.15, 0.2) is 51.4 Å². The van der Waals surface area contributed by atoms with Gasteiger partial charge in [-0.1, -0.05) is 123 Å². The number of ether oxygens (including phenoxy) is 2. The zero-order chi connectivity index (χ0) is 52.3. The van der Waals surface area contributed by atoms with Crippen LogP contribution in [-0.2, 0) is 18.3 Å². The highest BCUT2D eigenvalue weighted by atomic mass is 28.4. The predicted molar refractivity (Wildman–Crippen MR) is 297 cm³/mol. The predicted octanol–water partition coefficient (Wildman–Crippen LogP) is 9.05. The number of anilines is 1. The third-order valence-electron chi connectivity index (χ3n) is 14.1. The van der Waals surface area contributed by atoms with Crippen LogP contribution in [0.2, 0.25) is 36.3 Å². The van der Waals surface area contributed by atoms with Gasteiger partial charge < -0.3 is 29.0 Å². The first-order chi connectivity index (χ1) is 33.9. The minimum Gasteiger partial charge on any atom is -0.407 e. The summed E-state index contributed by atoms with van der Waals surface area (Å²) in [5.74, 6) is 0.230. The molecule has 19 nitrogen and oxygen atoms in total. The van der Waals surface area contributed by atoms with E-state index in [1.165, 1.54) is 0 Å². The number of rotatable bonds is 14. The average Bonchev–Trinajstić information content (AvgIpc) is 4.10. The van der Waals surface area contributed by atoms with Crippen LogP contribution in [0.4, 0.5) is 11.9 Å². The van der Waals surface area contributed by atoms with Crippen LogP contribution in [0.1, 0.15) is 99.2 Å². The van der Waals surface area contributed by atoms with Crippen LogP contribution in [0, 0.1) is 0 Å². The Morgan fingerprint density at radius 3 is 1.51 bits per heavy atom. The van der Waals surface area contributed by atoms with Crippen molar-refractivity contribution in [3.8, 4) is 0 Å². The Kier molecular flexibility index (Phi) is 17.5. The molecule has 0 spiro atoms. The standard InChI is InChI=1S/C27H39N7O3Si.C24H34N6O3Si.CH4/c1-9-19-20(28-15-18-13-11-10-12-14-18)22(37-38(7,8)27(2,3)4)25(36-19)34-17-29-21-23(34)31-26(32-24(21)35)30-16-33(5)6;1-7-16-17(26-13-15-11-9-8-10-12-15)19(33-34(5,6)24(2,3)4)22(32-16)30-14-27-18-20(30)28-23(25)29-21(18)31;/h10-17,19-20,22,25H,9H2,1-8H3,(H,31,32,35);8-14,16-17,19,22H,7H2,1-6H3,(H3,25,28,29,31);1H4/t19-,20-,22-,25-;16-,17-,19-,22-;/m11./s1. The molecule has 2 aliphatic rings. The van der Waals surface area contributed by atoms with Gasteiger partial charge in [-0.15, -0.1) is 0 Å². The van der Waals surface area contributed by atoms with Crippen LogP contribution in [0.5, 0.6) is 0 Å². The SMILES string of the molecule is C.CC[C@H]1O[C@@H](n2cnc3c(=O)[nH]c(N)nc32)[C@H](O[Si](C)(C)C(C)(C)C)[C@@H]1N=Cc1ccccc1.CC[C@H]1O[C@@H](n2cnc3c(=O)[nH]c(N=CN(C)C)nc32)[C@H](O[Si](C)(C)C(C)(C)C)[C@@H]1N=Cc1ccccc1. The van der Waals surface area contributed by atoms with Gasteiger partial charge in [0.2, 0.25) is 11.9 Å². The lowest BCUT2D eigenvalue weighted by atomic mass is 10.1. The van der Waals surface area contributed by atoms with Crippen LogP contribution in [0.3, 0.4) is 0 Å². The van der Waals surface area contributed by atoms with E-state index in [4.69, 9.17) is 34.0 Å². The van der Waals surface area contributed by atoms with Crippen LogP contribution in [-0.4, -0.2) is 130 Å². The highest BCUT2D eigenvalue weighted by Crippen LogP contribution is 2.45. The Hall–Kier alpha value is -5.98. The summed E-state index contributed by atoms with van der Waals surface area (Å²) in [4.78, 5) is 64.1. The van der Waals surface area contributed by atoms with Gasteiger partial charge in [-0.05, 0) is 60.2 Å². The molecule has 0 unspecified atom stereocenters. The molecule has 8 rings (SSSR count). The van der Waals surface area contributed by atoms with Crippen LogP contribution >= 0.6 is 0 Å². The van der Waals surface area contributed by atoms with E-state index in [-0.39, 0.29) is 81.9 Å². The Morgan fingerprint density at radius 1 is 0.699 bits per heavy atom. The number of nitrogens with one attached hydrogen (secondary N) is 2. The molecular formula is C52H77N13O6Si2. The van der Waals surface area contributed by atoms with Crippen molar-refractivity contribution in [2.24, 2.45) is 15.0 Å². The lowest BCUT2D eigenvalue weighted by molar-refractivity contribution is -0.0321. The van der Waals surface area contributed by atoms with Crippen molar-refractivity contribution in [2.75, 3.05) is 19.8 Å². The van der Waals surface area contributed by atoms with Gasteiger partial charge >= 0.3 is 0 Å². The number of hydrogen-bond donors (Lipinski definition) is 3. The number of fused-ring (bicyclic) bond motifs is 2. The highest BCUT2D eigenvalue weighted by molar-refractivity contribution is 6.74. The van der Waals surface area contributed by atoms with Gasteiger partial charge in [0.1, 0.15) is 24.3 Å². The molecule has 0 amide bonds. The maximum Gasteiger partial charge on any atom is 0.280 e. The molecule has 2 aromatic carbocycles. The third-order valence-corrected chi connectivity index (χ3v) is 23.1. The molecule has 0 saturated carbocycles. The second kappa shape index (κ2) is 22.6. The lowest BCUT2D eigenvalue weighted by Gasteiger charge is -2.40. The Morgan fingerprint density at radius 2 is 1.11 bits per heavy atom. The summed E-state index contributed by atoms with van der Waals surface area (Å²) >= 11 is 0. The minimum absolute atomic E-state index is 0. The third kappa shape index (κ3) is 12.5. The number of H-pyrrole nitrogens is 2. The van der Waals surface area contributed by atoms with Crippen LogP contribution in [0.15, 0.2) is 97.9 Å². The van der Waals surface area contributed by atoms with Gasteiger partial charge in [0, 0.05) is 26.5 Å². The molecule has 6 heterocycles. The molecule has 73 heavy (non-hydrogen) atoms. The van der Waals surface area contributed by atoms with Crippen molar-refractivity contribution in [1.82, 2.24) is 43.9 Å². The molecule has 394 valence electrons. The number of benzene rings is 2. The van der Waals surface area contributed by atoms with E-state index in [0.29, 0.717) is 11.3 Å². The first kappa shape index (κ1) is 56.3. The largest absolute Gasteiger partial charge is 0.407 e. The summed E-state index contributed by atoms with van der Waals surface area (Å²) in [6.45, 7) is 26.3. The molecule has 4 aromatic heterocycles. The van der Waals surface area contributed by atoms with Gasteiger partial charge in [-0.2, -0.15) is 9.97 Å². The summed E-state index contributed by atoms with van der Waals surface area (Å²) in [5, 5.41) is -0.0254. The number of nitrogens with two attached hydrogens (primary N) is 1. The van der Waals surface area contributed by atoms with Crippen molar-refractivity contribution < 1.29 is 18.3 Å². The molecule has 2 fully saturated rings. The monoisotopic (exact) mass is 1040 g/mol. The Balaban J connectivity index is 0.000000236. The Labute approximate surface area is 431 Å². The normalized spacial score (nSPS) is 22.9. The average molecular weight is 1040 g/mol. The highest BCUT2D eigenvalue weighted by Gasteiger charge is 2.52. The van der Waals surface area contributed by atoms with E-state index in [1.54, 1.807) is 33.0 Å². The first-order valence-corrected chi connectivity index (χ1v) is 30.5. The van der Waals surface area contributed by atoms with E-state index in [2.05, 4.69) is 116 Å². The molecule has 2 aliphatic heterocycles. The maximum absolute atomic E-state index is 12.8. The van der Waals surface area contributed by atoms with Crippen molar-refractivity contribution in [3.63, 3.8) is 0 Å². The van der Waals surface area contributed by atoms with Crippen molar-refractivity contribution >= 4 is 69.6 Å². The number of nitrogens with zero attached hydrogens (tertiary/aromatic N) is 10. The van der Waals surface area contributed by atoms with Crippen LogP contribution < -0.4 is 16.9 Å². The van der Waals surface area contributed by atoms with Crippen molar-refractivity contribution in [3.05, 3.63) is 105 Å². The summed E-state index contributed by atoms with van der Waals surface area (Å²) in [6, 6.07) is 19.5. The number of aromatic nitrogens is 8. The summed E-state index contributed by atoms with van der Waals surface area (Å²) in [6.07, 6.45) is 7.82. The summed E-state index contributed by atoms with van der Waals surface area (Å²) < 4.78 is 30.7.